The van der Waals surface area contributed by atoms with Crippen molar-refractivity contribution in [2.75, 3.05) is 46.9 Å². The predicted octanol–water partition coefficient (Wildman–Crippen LogP) is 14.8. The molecule has 0 saturated heterocycles. The third kappa shape index (κ3) is 33.5. The number of aryl methyl sites for hydroxylation is 1. The summed E-state index contributed by atoms with van der Waals surface area (Å²) in [6.45, 7) is 19.7. The molecule has 1 aliphatic rings. The highest BCUT2D eigenvalue weighted by Gasteiger charge is 2.22. The smallest absolute Gasteiger partial charge is 0.338 e. The average Bonchev–Trinajstić information content (AvgIpc) is 3.26. The monoisotopic (exact) mass is 903 g/mol. The summed E-state index contributed by atoms with van der Waals surface area (Å²) >= 11 is 0. The van der Waals surface area contributed by atoms with Gasteiger partial charge in [-0.05, 0) is 94.8 Å². The van der Waals surface area contributed by atoms with Gasteiger partial charge in [0.05, 0.1) is 24.4 Å². The van der Waals surface area contributed by atoms with Gasteiger partial charge in [-0.15, -0.1) is 0 Å². The van der Waals surface area contributed by atoms with Crippen molar-refractivity contribution in [2.45, 2.75) is 260 Å². The lowest BCUT2D eigenvalue weighted by Crippen LogP contribution is -2.39. The number of aliphatic hydroxyl groups excluding tert-OH is 2. The van der Waals surface area contributed by atoms with Crippen LogP contribution in [-0.2, 0) is 9.53 Å². The normalized spacial score (nSPS) is 14.0. The second-order valence-electron chi connectivity index (χ2n) is 19.4. The maximum atomic E-state index is 13.3. The second-order valence-corrected chi connectivity index (χ2v) is 19.4. The Morgan fingerprint density at radius 1 is 0.688 bits per heavy atom. The fraction of sp³-hybridized carbons (Fsp3) is 0.857. The lowest BCUT2D eigenvalue weighted by atomic mass is 9.88. The van der Waals surface area contributed by atoms with E-state index >= 15 is 0 Å². The number of ether oxygens (including phenoxy) is 2. The molecule has 1 aromatic carbocycles. The fourth-order valence-corrected chi connectivity index (χ4v) is 8.27. The lowest BCUT2D eigenvalue weighted by Gasteiger charge is -2.27. The molecule has 0 heterocycles. The number of hydrogen-bond acceptors (Lipinski definition) is 8. The Bertz CT molecular complexity index is 1200. The molecule has 8 nitrogen and oxygen atoms in total. The number of aliphatic hydroxyl groups is 2. The Morgan fingerprint density at radius 3 is 1.55 bits per heavy atom. The zero-order valence-corrected chi connectivity index (χ0v) is 43.9. The molecule has 2 rings (SSSR count). The molecule has 376 valence electrons. The molecule has 1 fully saturated rings. The number of hydrogen-bond donors (Lipinski definition) is 2. The Labute approximate surface area is 396 Å². The average molecular weight is 903 g/mol. The number of nitrogens with zero attached hydrogens (tertiary/aromatic N) is 2. The van der Waals surface area contributed by atoms with Crippen molar-refractivity contribution in [3.63, 3.8) is 0 Å². The van der Waals surface area contributed by atoms with Crippen LogP contribution in [0.5, 0.6) is 5.75 Å². The van der Waals surface area contributed by atoms with Gasteiger partial charge in [0.25, 0.3) is 0 Å². The molecule has 3 atom stereocenters. The summed E-state index contributed by atoms with van der Waals surface area (Å²) in [5.41, 5.74) is 2.07. The first kappa shape index (κ1) is 62.0. The Hall–Kier alpha value is -2.00. The maximum absolute atomic E-state index is 13.3. The van der Waals surface area contributed by atoms with E-state index in [1.165, 1.54) is 122 Å². The number of unbranched alkanes of at least 4 members (excludes halogenated alkanes) is 18. The van der Waals surface area contributed by atoms with Crippen LogP contribution in [0.4, 0.5) is 0 Å². The van der Waals surface area contributed by atoms with Crippen LogP contribution in [0.1, 0.15) is 262 Å². The van der Waals surface area contributed by atoms with Crippen molar-refractivity contribution >= 4 is 11.9 Å². The number of rotatable bonds is 38. The third-order valence-corrected chi connectivity index (χ3v) is 12.8. The molecule has 1 aromatic rings. The zero-order chi connectivity index (χ0) is 47.8. The minimum Gasteiger partial charge on any atom is -0.462 e. The van der Waals surface area contributed by atoms with Crippen LogP contribution in [-0.4, -0.2) is 91.0 Å². The van der Waals surface area contributed by atoms with Gasteiger partial charge >= 0.3 is 11.9 Å². The van der Waals surface area contributed by atoms with Crippen LogP contribution in [0.25, 0.3) is 0 Å². The third-order valence-electron chi connectivity index (χ3n) is 12.8. The van der Waals surface area contributed by atoms with Crippen LogP contribution in [0.15, 0.2) is 12.1 Å². The summed E-state index contributed by atoms with van der Waals surface area (Å²) in [6.07, 6.45) is 32.9. The number of carbonyl (C=O) groups is 2. The van der Waals surface area contributed by atoms with E-state index in [0.717, 1.165) is 75.0 Å². The Kier molecular flexibility index (Phi) is 41.0. The van der Waals surface area contributed by atoms with Crippen molar-refractivity contribution in [3.05, 3.63) is 28.8 Å². The van der Waals surface area contributed by atoms with E-state index in [1.54, 1.807) is 6.07 Å². The first-order valence-corrected chi connectivity index (χ1v) is 27.2. The molecule has 1 aliphatic carbocycles. The summed E-state index contributed by atoms with van der Waals surface area (Å²) in [4.78, 5) is 30.4. The van der Waals surface area contributed by atoms with Gasteiger partial charge in [0, 0.05) is 26.1 Å². The molecule has 0 amide bonds. The van der Waals surface area contributed by atoms with Gasteiger partial charge in [-0.1, -0.05) is 196 Å². The van der Waals surface area contributed by atoms with Crippen molar-refractivity contribution in [1.82, 2.24) is 9.80 Å². The molecular formula is C56H106N2O6. The van der Waals surface area contributed by atoms with Gasteiger partial charge in [0.2, 0.25) is 0 Å². The van der Waals surface area contributed by atoms with E-state index < -0.39 is 12.2 Å². The van der Waals surface area contributed by atoms with Crippen LogP contribution in [0.3, 0.4) is 0 Å². The number of esters is 2. The Balaban J connectivity index is 0.00000519. The predicted molar refractivity (Wildman–Crippen MR) is 274 cm³/mol. The van der Waals surface area contributed by atoms with E-state index in [2.05, 4.69) is 44.4 Å². The summed E-state index contributed by atoms with van der Waals surface area (Å²) < 4.78 is 11.6. The van der Waals surface area contributed by atoms with Crippen molar-refractivity contribution in [1.29, 1.82) is 0 Å². The number of carbonyl (C=O) groups excluding carboxylic acids is 2. The van der Waals surface area contributed by atoms with E-state index in [-0.39, 0.29) is 24.3 Å². The molecule has 64 heavy (non-hydrogen) atoms. The maximum Gasteiger partial charge on any atom is 0.338 e. The van der Waals surface area contributed by atoms with Crippen LogP contribution >= 0.6 is 0 Å². The molecule has 3 unspecified atom stereocenters. The topological polar surface area (TPSA) is 99.5 Å². The molecule has 0 radical (unpaired) electrons. The first-order chi connectivity index (χ1) is 30.9. The molecule has 0 bridgehead atoms. The molecule has 0 spiro atoms. The van der Waals surface area contributed by atoms with Gasteiger partial charge in [-0.3, -0.25) is 9.69 Å². The zero-order valence-electron chi connectivity index (χ0n) is 43.9. The lowest BCUT2D eigenvalue weighted by molar-refractivity contribution is -0.134. The van der Waals surface area contributed by atoms with E-state index in [9.17, 15) is 19.8 Å². The minimum atomic E-state index is -0.450. The van der Waals surface area contributed by atoms with Gasteiger partial charge in [0.15, 0.2) is 0 Å². The van der Waals surface area contributed by atoms with Gasteiger partial charge in [0.1, 0.15) is 5.75 Å². The van der Waals surface area contributed by atoms with Gasteiger partial charge in [-0.25, -0.2) is 4.79 Å². The highest BCUT2D eigenvalue weighted by molar-refractivity contribution is 5.90. The van der Waals surface area contributed by atoms with Crippen LogP contribution in [0.2, 0.25) is 0 Å². The minimum absolute atomic E-state index is 0.0950. The van der Waals surface area contributed by atoms with E-state index in [1.807, 2.05) is 40.9 Å². The molecule has 0 aromatic heterocycles. The van der Waals surface area contributed by atoms with Crippen LogP contribution < -0.4 is 4.74 Å². The molecule has 0 aliphatic heterocycles. The Morgan fingerprint density at radius 2 is 1.14 bits per heavy atom. The first-order valence-electron chi connectivity index (χ1n) is 27.2. The van der Waals surface area contributed by atoms with Gasteiger partial charge in [-0.2, -0.15) is 0 Å². The largest absolute Gasteiger partial charge is 0.462 e. The second kappa shape index (κ2) is 42.4. The van der Waals surface area contributed by atoms with Crippen molar-refractivity contribution in [3.8, 4) is 5.75 Å². The quantitative estimate of drug-likeness (QED) is 0.0385. The summed E-state index contributed by atoms with van der Waals surface area (Å²) in [7, 11) is 3.99. The summed E-state index contributed by atoms with van der Waals surface area (Å²) in [5, 5.41) is 22.1. The van der Waals surface area contributed by atoms with E-state index in [4.69, 9.17) is 9.47 Å². The molecular weight excluding hydrogens is 797 g/mol. The highest BCUT2D eigenvalue weighted by atomic mass is 16.5. The molecule has 1 saturated carbocycles. The van der Waals surface area contributed by atoms with Gasteiger partial charge < -0.3 is 24.6 Å². The van der Waals surface area contributed by atoms with Crippen LogP contribution in [0, 0.1) is 12.8 Å². The van der Waals surface area contributed by atoms with Crippen molar-refractivity contribution in [2.24, 2.45) is 5.92 Å². The van der Waals surface area contributed by atoms with Crippen molar-refractivity contribution < 1.29 is 29.3 Å². The number of benzene rings is 1. The standard InChI is InChI=1S/C49H90N2O6.C5H10.C2H6/c1-8-11-13-15-17-19-21-23-25-27-31-44(52)39-51(40-45(53)32-28-26-24-22-20-18-16-14-12-9-2)35-29-33-47(54)57-48-42(5)37-43(38-46(48)41(4)10-3)49(55)56-36-30-34-50(6)7;1-5-3-2-4-5;1-2/h37-38,41,44-45,52-53H,8-36,39-40H2,1-7H3;5H,2-4H2,1H3;1-2H3. The molecule has 8 heteroatoms. The SMILES string of the molecule is CC.CC1CCC1.CCCCCCCCCCCCC(O)CN(CCCC(=O)Oc1c(C)cc(C(=O)OCCCN(C)C)cc1C(C)CC)CC(O)CCCCCCCCCCCC. The highest BCUT2D eigenvalue weighted by Crippen LogP contribution is 2.34. The fourth-order valence-electron chi connectivity index (χ4n) is 8.27. The molecule has 2 N–H and O–H groups in total. The summed E-state index contributed by atoms with van der Waals surface area (Å²) in [6, 6.07) is 3.59. The van der Waals surface area contributed by atoms with E-state index in [0.29, 0.717) is 44.0 Å². The summed E-state index contributed by atoms with van der Waals surface area (Å²) in [5.74, 6) is 1.03.